The van der Waals surface area contributed by atoms with Gasteiger partial charge in [-0.25, -0.2) is 12.7 Å². The first kappa shape index (κ1) is 18.2. The van der Waals surface area contributed by atoms with Crippen LogP contribution in [0, 0.1) is 0 Å². The van der Waals surface area contributed by atoms with Gasteiger partial charge in [-0.3, -0.25) is 4.79 Å². The summed E-state index contributed by atoms with van der Waals surface area (Å²) >= 11 is 6.10. The van der Waals surface area contributed by atoms with Gasteiger partial charge in [0.25, 0.3) is 5.91 Å². The molecule has 1 aliphatic carbocycles. The fourth-order valence-electron chi connectivity index (χ4n) is 2.74. The van der Waals surface area contributed by atoms with E-state index >= 15 is 0 Å². The van der Waals surface area contributed by atoms with Crippen LogP contribution in [0.25, 0.3) is 0 Å². The van der Waals surface area contributed by atoms with Gasteiger partial charge in [-0.15, -0.1) is 0 Å². The number of rotatable bonds is 4. The Hall–Kier alpha value is -1.11. The molecule has 1 fully saturated rings. The van der Waals surface area contributed by atoms with Crippen molar-refractivity contribution in [3.05, 3.63) is 28.8 Å². The van der Waals surface area contributed by atoms with Gasteiger partial charge in [-0.1, -0.05) is 37.3 Å². The normalized spacial score (nSPS) is 17.0. The topological polar surface area (TPSA) is 66.5 Å². The molecule has 0 saturated heterocycles. The van der Waals surface area contributed by atoms with Crippen LogP contribution in [0.4, 0.5) is 0 Å². The number of halogens is 1. The second-order valence-electron chi connectivity index (χ2n) is 6.09. The van der Waals surface area contributed by atoms with Gasteiger partial charge >= 0.3 is 0 Å². The molecule has 0 unspecified atom stereocenters. The minimum Gasteiger partial charge on any atom is -0.349 e. The summed E-state index contributed by atoms with van der Waals surface area (Å²) in [5.41, 5.74) is 0.207. The maximum atomic E-state index is 12.5. The molecule has 0 aliphatic heterocycles. The summed E-state index contributed by atoms with van der Waals surface area (Å²) in [5.74, 6) is -0.308. The number of carbonyl (C=O) groups is 1. The first-order valence-electron chi connectivity index (χ1n) is 7.85. The highest BCUT2D eigenvalue weighted by molar-refractivity contribution is 7.89. The Morgan fingerprint density at radius 2 is 1.78 bits per heavy atom. The lowest BCUT2D eigenvalue weighted by molar-refractivity contribution is 0.0933. The van der Waals surface area contributed by atoms with E-state index in [1.54, 1.807) is 0 Å². The Morgan fingerprint density at radius 3 is 2.35 bits per heavy atom. The number of amides is 1. The summed E-state index contributed by atoms with van der Waals surface area (Å²) in [6, 6.07) is 4.36. The predicted octanol–water partition coefficient (Wildman–Crippen LogP) is 3.04. The minimum atomic E-state index is -3.59. The molecule has 2 rings (SSSR count). The molecule has 0 radical (unpaired) electrons. The van der Waals surface area contributed by atoms with Crippen LogP contribution in [-0.4, -0.2) is 38.8 Å². The van der Waals surface area contributed by atoms with Gasteiger partial charge in [0, 0.05) is 20.1 Å². The number of hydrogen-bond donors (Lipinski definition) is 1. The third-order valence-electron chi connectivity index (χ3n) is 4.15. The Labute approximate surface area is 143 Å². The number of sulfonamides is 1. The van der Waals surface area contributed by atoms with Crippen molar-refractivity contribution < 1.29 is 13.2 Å². The second-order valence-corrected chi connectivity index (χ2v) is 8.65. The van der Waals surface area contributed by atoms with Gasteiger partial charge < -0.3 is 5.32 Å². The van der Waals surface area contributed by atoms with Gasteiger partial charge in [0.15, 0.2) is 0 Å². The molecule has 0 spiro atoms. The van der Waals surface area contributed by atoms with Gasteiger partial charge in [0.2, 0.25) is 10.0 Å². The first-order valence-corrected chi connectivity index (χ1v) is 9.67. The summed E-state index contributed by atoms with van der Waals surface area (Å²) in [6.07, 6.45) is 6.52. The highest BCUT2D eigenvalue weighted by Crippen LogP contribution is 2.23. The molecule has 0 bridgehead atoms. The van der Waals surface area contributed by atoms with Crippen molar-refractivity contribution in [3.8, 4) is 0 Å². The maximum Gasteiger partial charge on any atom is 0.253 e. The van der Waals surface area contributed by atoms with Crippen molar-refractivity contribution in [1.29, 1.82) is 0 Å². The zero-order chi connectivity index (χ0) is 17.0. The molecular formula is C16H23ClN2O3S. The number of benzene rings is 1. The summed E-state index contributed by atoms with van der Waals surface area (Å²) in [7, 11) is -0.687. The summed E-state index contributed by atoms with van der Waals surface area (Å²) in [5, 5.41) is 3.25. The molecule has 1 aromatic rings. The lowest BCUT2D eigenvalue weighted by Crippen LogP contribution is -2.34. The van der Waals surface area contributed by atoms with Crippen molar-refractivity contribution in [2.24, 2.45) is 0 Å². The third-order valence-corrected chi connectivity index (χ3v) is 6.29. The van der Waals surface area contributed by atoms with E-state index in [1.807, 2.05) is 0 Å². The van der Waals surface area contributed by atoms with Crippen LogP contribution in [0.1, 0.15) is 48.9 Å². The SMILES string of the molecule is CN(C)S(=O)(=O)c1ccc(Cl)c(C(=O)NC2CCCCCC2)c1. The standard InChI is InChI=1S/C16H23ClN2O3S/c1-19(2)23(21,22)13-9-10-15(17)14(11-13)16(20)18-12-7-5-3-4-6-8-12/h9-12H,3-8H2,1-2H3,(H,18,20). The van der Waals surface area contributed by atoms with Crippen LogP contribution in [0.5, 0.6) is 0 Å². The van der Waals surface area contributed by atoms with Gasteiger partial charge in [0.05, 0.1) is 15.5 Å². The highest BCUT2D eigenvalue weighted by atomic mass is 35.5. The summed E-state index contributed by atoms with van der Waals surface area (Å²) in [6.45, 7) is 0. The fourth-order valence-corrected chi connectivity index (χ4v) is 3.87. The molecule has 0 heterocycles. The monoisotopic (exact) mass is 358 g/mol. The van der Waals surface area contributed by atoms with Crippen molar-refractivity contribution in [3.63, 3.8) is 0 Å². The van der Waals surface area contributed by atoms with E-state index in [0.29, 0.717) is 0 Å². The van der Waals surface area contributed by atoms with Crippen LogP contribution in [0.2, 0.25) is 5.02 Å². The summed E-state index contributed by atoms with van der Waals surface area (Å²) < 4.78 is 25.5. The first-order chi connectivity index (χ1) is 10.8. The van der Waals surface area contributed by atoms with Gasteiger partial charge in [-0.05, 0) is 31.0 Å². The smallest absolute Gasteiger partial charge is 0.253 e. The van der Waals surface area contributed by atoms with E-state index in [-0.39, 0.29) is 27.4 Å². The second kappa shape index (κ2) is 7.64. The zero-order valence-electron chi connectivity index (χ0n) is 13.5. The van der Waals surface area contributed by atoms with Gasteiger partial charge in [-0.2, -0.15) is 0 Å². The van der Waals surface area contributed by atoms with E-state index in [9.17, 15) is 13.2 Å². The predicted molar refractivity (Wildman–Crippen MR) is 91.3 cm³/mol. The van der Waals surface area contributed by atoms with Gasteiger partial charge in [0.1, 0.15) is 0 Å². The molecule has 23 heavy (non-hydrogen) atoms. The highest BCUT2D eigenvalue weighted by Gasteiger charge is 2.22. The Kier molecular flexibility index (Phi) is 6.06. The molecule has 1 saturated carbocycles. The van der Waals surface area contributed by atoms with Crippen LogP contribution in [0.3, 0.4) is 0 Å². The van der Waals surface area contributed by atoms with Crippen molar-refractivity contribution in [2.45, 2.75) is 49.5 Å². The lowest BCUT2D eigenvalue weighted by atomic mass is 10.1. The Bertz CT molecular complexity index is 666. The fraction of sp³-hybridized carbons (Fsp3) is 0.562. The van der Waals surface area contributed by atoms with Crippen molar-refractivity contribution in [2.75, 3.05) is 14.1 Å². The molecule has 0 atom stereocenters. The molecule has 1 amide bonds. The molecular weight excluding hydrogens is 336 g/mol. The summed E-state index contributed by atoms with van der Waals surface area (Å²) in [4.78, 5) is 12.6. The minimum absolute atomic E-state index is 0.0675. The number of carbonyl (C=O) groups excluding carboxylic acids is 1. The molecule has 0 aromatic heterocycles. The van der Waals surface area contributed by atoms with Crippen LogP contribution in [0.15, 0.2) is 23.1 Å². The van der Waals surface area contributed by atoms with E-state index in [2.05, 4.69) is 5.32 Å². The van der Waals surface area contributed by atoms with E-state index in [4.69, 9.17) is 11.6 Å². The van der Waals surface area contributed by atoms with E-state index < -0.39 is 10.0 Å². The number of nitrogens with one attached hydrogen (secondary N) is 1. The Balaban J connectivity index is 2.22. The largest absolute Gasteiger partial charge is 0.349 e. The molecule has 1 aliphatic rings. The van der Waals surface area contributed by atoms with Crippen LogP contribution in [-0.2, 0) is 10.0 Å². The van der Waals surface area contributed by atoms with Crippen LogP contribution < -0.4 is 5.32 Å². The van der Waals surface area contributed by atoms with Crippen LogP contribution >= 0.6 is 11.6 Å². The molecule has 128 valence electrons. The quantitative estimate of drug-likeness (QED) is 0.841. The van der Waals surface area contributed by atoms with E-state index in [1.165, 1.54) is 45.1 Å². The molecule has 1 aromatic carbocycles. The zero-order valence-corrected chi connectivity index (χ0v) is 15.1. The van der Waals surface area contributed by atoms with Crippen molar-refractivity contribution >= 4 is 27.5 Å². The van der Waals surface area contributed by atoms with Crippen molar-refractivity contribution in [1.82, 2.24) is 9.62 Å². The third kappa shape index (κ3) is 4.46. The molecule has 5 nitrogen and oxygen atoms in total. The number of nitrogens with zero attached hydrogens (tertiary/aromatic N) is 1. The number of hydrogen-bond acceptors (Lipinski definition) is 3. The average molecular weight is 359 g/mol. The van der Waals surface area contributed by atoms with E-state index in [0.717, 1.165) is 30.0 Å². The Morgan fingerprint density at radius 1 is 1.17 bits per heavy atom. The molecule has 7 heteroatoms. The lowest BCUT2D eigenvalue weighted by Gasteiger charge is -2.17. The average Bonchev–Trinajstić information content (AvgIpc) is 2.75. The molecule has 1 N–H and O–H groups in total. The maximum absolute atomic E-state index is 12.5.